The first-order chi connectivity index (χ1) is 35.9. The molecule has 0 radical (unpaired) electrons. The fraction of sp³-hybridized carbons (Fsp3) is 0.673. The van der Waals surface area contributed by atoms with Gasteiger partial charge in [-0.3, -0.25) is 52.7 Å². The Kier molecular flexibility index (Phi) is 27.2. The summed E-state index contributed by atoms with van der Waals surface area (Å²) in [4.78, 5) is 153. The van der Waals surface area contributed by atoms with Gasteiger partial charge in [0.2, 0.25) is 65.0 Å². The fourth-order valence-electron chi connectivity index (χ4n) is 8.67. The minimum Gasteiger partial charge on any atom is -0.368 e. The number of benzene rings is 1. The number of fused-ring (bicyclic) bond motifs is 1. The van der Waals surface area contributed by atoms with Crippen molar-refractivity contribution >= 4 is 76.7 Å². The van der Waals surface area contributed by atoms with Crippen LogP contribution in [0.4, 0.5) is 0 Å². The van der Waals surface area contributed by atoms with Crippen molar-refractivity contribution in [3.05, 3.63) is 35.9 Å². The Balaban J connectivity index is 2.03. The Labute approximate surface area is 450 Å². The van der Waals surface area contributed by atoms with Gasteiger partial charge in [0.15, 0.2) is 0 Å². The Morgan fingerprint density at radius 1 is 0.605 bits per heavy atom. The number of primary amides is 1. The third-order valence-electron chi connectivity index (χ3n) is 12.9. The van der Waals surface area contributed by atoms with Crippen LogP contribution < -0.4 is 59.3 Å². The highest BCUT2D eigenvalue weighted by Crippen LogP contribution is 2.21. The topological polar surface area (TPSA) is 351 Å². The van der Waals surface area contributed by atoms with Crippen molar-refractivity contribution in [2.75, 3.05) is 24.6 Å². The molecule has 1 aromatic rings. The van der Waals surface area contributed by atoms with Gasteiger partial charge in [0.05, 0.1) is 5.75 Å². The monoisotopic (exact) mass is 1080 g/mol. The highest BCUT2D eigenvalue weighted by molar-refractivity contribution is 8.00. The Morgan fingerprint density at radius 2 is 1.09 bits per heavy atom. The second-order valence-corrected chi connectivity index (χ2v) is 21.6. The van der Waals surface area contributed by atoms with Crippen molar-refractivity contribution in [1.29, 1.82) is 0 Å². The molecule has 0 aliphatic carbocycles. The second kappa shape index (κ2) is 32.3. The lowest BCUT2D eigenvalue weighted by Gasteiger charge is -2.31. The van der Waals surface area contributed by atoms with Crippen LogP contribution in [0.5, 0.6) is 0 Å². The summed E-state index contributed by atoms with van der Waals surface area (Å²) >= 11 is 0.934. The highest BCUT2D eigenvalue weighted by atomic mass is 32.2. The van der Waals surface area contributed by atoms with Gasteiger partial charge in [0, 0.05) is 18.7 Å². The minimum absolute atomic E-state index is 0.0330. The predicted octanol–water partition coefficient (Wildman–Crippen LogP) is -0.714. The summed E-state index contributed by atoms with van der Waals surface area (Å²) in [5, 5.41) is 24.1. The van der Waals surface area contributed by atoms with E-state index in [0.717, 1.165) is 11.8 Å². The number of nitrogens with two attached hydrogens (primary N) is 2. The average molecular weight is 1090 g/mol. The van der Waals surface area contributed by atoms with E-state index < -0.39 is 125 Å². The third kappa shape index (κ3) is 21.4. The van der Waals surface area contributed by atoms with Crippen LogP contribution >= 0.6 is 11.8 Å². The minimum atomic E-state index is -1.31. The van der Waals surface area contributed by atoms with Crippen LogP contribution in [0.2, 0.25) is 0 Å². The van der Waals surface area contributed by atoms with Crippen molar-refractivity contribution in [2.45, 2.75) is 186 Å². The maximum absolute atomic E-state index is 14.4. The van der Waals surface area contributed by atoms with E-state index in [2.05, 4.69) is 47.9 Å². The van der Waals surface area contributed by atoms with Crippen LogP contribution in [0.1, 0.15) is 125 Å². The smallest absolute Gasteiger partial charge is 0.245 e. The standard InChI is InChI=1S/C52H84N12O11S/c1-9-10-19-36-52(75)64-23-16-21-41(64)51(74)57-32(7)44(67)56-33(8)46(69)61-39(26-34-17-12-11-13-18-34)50(73)63-40(43(54)66)27-76-28-42(65)55-31(6)45(68)60-37(24-29(2)3)49(72)62-38(25-30(4)5)48(71)58-35(47(70)59-36)20-14-15-22-53/h11-13,17-18,29-33,35-41H,9-10,14-16,19-28,53H2,1-8H3,(H2,54,66)(H,55,65)(H,56,67)(H,57,74)(H,58,71)(H,59,70)(H,60,68)(H,61,69)(H,62,72)(H,63,73)/t31-,32-,33-,35-,36-,37-,38-,39?,40-,41-/m0/s1. The molecule has 2 aliphatic heterocycles. The van der Waals surface area contributed by atoms with Crippen LogP contribution in [0, 0.1) is 11.8 Å². The van der Waals surface area contributed by atoms with Gasteiger partial charge in [0.1, 0.15) is 60.4 Å². The summed E-state index contributed by atoms with van der Waals surface area (Å²) in [7, 11) is 0. The molecule has 1 unspecified atom stereocenters. The average Bonchev–Trinajstić information content (AvgIpc) is 3.86. The van der Waals surface area contributed by atoms with Gasteiger partial charge in [-0.05, 0) is 96.1 Å². The Bertz CT molecular complexity index is 2170. The molecule has 0 aromatic heterocycles. The molecule has 13 N–H and O–H groups in total. The van der Waals surface area contributed by atoms with Crippen LogP contribution in [0.25, 0.3) is 0 Å². The molecule has 76 heavy (non-hydrogen) atoms. The zero-order valence-electron chi connectivity index (χ0n) is 45.4. The lowest BCUT2D eigenvalue weighted by Crippen LogP contribution is -2.60. The maximum Gasteiger partial charge on any atom is 0.245 e. The van der Waals surface area contributed by atoms with Crippen molar-refractivity contribution in [3.63, 3.8) is 0 Å². The van der Waals surface area contributed by atoms with E-state index in [9.17, 15) is 52.7 Å². The number of thioether (sulfide) groups is 1. The molecule has 10 atom stereocenters. The number of carbonyl (C=O) groups excluding carboxylic acids is 11. The summed E-state index contributed by atoms with van der Waals surface area (Å²) in [6.07, 6.45) is 3.49. The van der Waals surface area contributed by atoms with Crippen molar-refractivity contribution in [2.24, 2.45) is 23.3 Å². The molecule has 424 valence electrons. The summed E-state index contributed by atoms with van der Waals surface area (Å²) in [6.45, 7) is 14.0. The lowest BCUT2D eigenvalue weighted by atomic mass is 9.99. The highest BCUT2D eigenvalue weighted by Gasteiger charge is 2.40. The largest absolute Gasteiger partial charge is 0.368 e. The van der Waals surface area contributed by atoms with Crippen LogP contribution in [-0.2, 0) is 59.2 Å². The van der Waals surface area contributed by atoms with Gasteiger partial charge in [-0.2, -0.15) is 0 Å². The van der Waals surface area contributed by atoms with E-state index in [1.165, 1.54) is 25.7 Å². The quantitative estimate of drug-likeness (QED) is 0.103. The molecule has 0 bridgehead atoms. The molecular weight excluding hydrogens is 1000 g/mol. The molecule has 23 nitrogen and oxygen atoms in total. The van der Waals surface area contributed by atoms with Gasteiger partial charge < -0.3 is 64.2 Å². The summed E-state index contributed by atoms with van der Waals surface area (Å²) in [6, 6.07) is -3.06. The maximum atomic E-state index is 14.4. The Hall–Kier alpha value is -6.30. The van der Waals surface area contributed by atoms with E-state index in [-0.39, 0.29) is 68.4 Å². The number of carbonyl (C=O) groups is 11. The van der Waals surface area contributed by atoms with Crippen molar-refractivity contribution in [3.8, 4) is 0 Å². The van der Waals surface area contributed by atoms with E-state index >= 15 is 0 Å². The summed E-state index contributed by atoms with van der Waals surface area (Å²) in [5.74, 6) is -8.41. The lowest BCUT2D eigenvalue weighted by molar-refractivity contribution is -0.142. The SMILES string of the molecule is CCCC[C@@H]1NC(=O)[C@H](CCCCN)NC(=O)[C@H](CC(C)C)NC(=O)[C@H](CC(C)C)NC(=O)[C@H](C)NC(=O)CSC[C@@H](C(N)=O)NC(=O)C(Cc2ccccc2)NC(=O)[C@H](C)NC(=O)[C@H](C)NC(=O)[C@@H]2CCCN2C1=O. The zero-order chi connectivity index (χ0) is 56.6. The first-order valence-electron chi connectivity index (χ1n) is 26.6. The first kappa shape index (κ1) is 64.0. The molecule has 2 aliphatic rings. The van der Waals surface area contributed by atoms with Crippen molar-refractivity contribution < 1.29 is 52.7 Å². The normalized spacial score (nSPS) is 27.2. The third-order valence-corrected chi connectivity index (χ3v) is 14.0. The first-order valence-corrected chi connectivity index (χ1v) is 27.7. The second-order valence-electron chi connectivity index (χ2n) is 20.6. The molecular formula is C52H84N12O11S. The molecule has 0 saturated carbocycles. The van der Waals surface area contributed by atoms with E-state index in [0.29, 0.717) is 44.2 Å². The molecule has 1 aromatic carbocycles. The number of hydrogen-bond acceptors (Lipinski definition) is 13. The number of nitrogens with one attached hydrogen (secondary N) is 9. The molecule has 0 spiro atoms. The molecule has 2 fully saturated rings. The molecule has 3 rings (SSSR count). The molecule has 11 amide bonds. The fourth-order valence-corrected chi connectivity index (χ4v) is 9.54. The molecule has 24 heteroatoms. The van der Waals surface area contributed by atoms with E-state index in [1.54, 1.807) is 30.3 Å². The van der Waals surface area contributed by atoms with Gasteiger partial charge in [-0.1, -0.05) is 77.8 Å². The Morgan fingerprint density at radius 3 is 1.66 bits per heavy atom. The van der Waals surface area contributed by atoms with Crippen LogP contribution in [0.3, 0.4) is 0 Å². The van der Waals surface area contributed by atoms with Gasteiger partial charge >= 0.3 is 0 Å². The number of hydrogen-bond donors (Lipinski definition) is 11. The number of rotatable bonds is 14. The van der Waals surface area contributed by atoms with Crippen LogP contribution in [-0.4, -0.2) is 155 Å². The van der Waals surface area contributed by atoms with Gasteiger partial charge in [-0.25, -0.2) is 0 Å². The van der Waals surface area contributed by atoms with E-state index in [4.69, 9.17) is 11.5 Å². The van der Waals surface area contributed by atoms with Crippen LogP contribution in [0.15, 0.2) is 30.3 Å². The summed E-state index contributed by atoms with van der Waals surface area (Å²) < 4.78 is 0. The van der Waals surface area contributed by atoms with Crippen molar-refractivity contribution in [1.82, 2.24) is 52.8 Å². The van der Waals surface area contributed by atoms with Gasteiger partial charge in [0.25, 0.3) is 0 Å². The predicted molar refractivity (Wildman–Crippen MR) is 287 cm³/mol. The molecule has 2 saturated heterocycles. The number of unbranched alkanes of at least 4 members (excludes halogenated alkanes) is 2. The zero-order valence-corrected chi connectivity index (χ0v) is 46.2. The molecule has 2 heterocycles. The van der Waals surface area contributed by atoms with Gasteiger partial charge in [-0.15, -0.1) is 11.8 Å². The van der Waals surface area contributed by atoms with E-state index in [1.807, 2.05) is 34.6 Å². The number of amides is 11. The number of nitrogens with zero attached hydrogens (tertiary/aromatic N) is 1. The summed E-state index contributed by atoms with van der Waals surface area (Å²) in [5.41, 5.74) is 12.1.